The Kier molecular flexibility index (Phi) is 4.63. The minimum atomic E-state index is -0.552. The van der Waals surface area contributed by atoms with Gasteiger partial charge in [-0.15, -0.1) is 0 Å². The van der Waals surface area contributed by atoms with Gasteiger partial charge in [-0.1, -0.05) is 20.3 Å². The molecule has 0 saturated heterocycles. The van der Waals surface area contributed by atoms with Gasteiger partial charge in [0, 0.05) is 13.0 Å². The number of amides is 1. The van der Waals surface area contributed by atoms with E-state index in [-0.39, 0.29) is 22.8 Å². The molecule has 7 unspecified atom stereocenters. The molecule has 4 saturated carbocycles. The summed E-state index contributed by atoms with van der Waals surface area (Å²) in [6.07, 6.45) is 12.0. The van der Waals surface area contributed by atoms with Crippen LogP contribution < -0.4 is 5.32 Å². The molecule has 0 aromatic carbocycles. The Labute approximate surface area is 163 Å². The summed E-state index contributed by atoms with van der Waals surface area (Å²) in [7, 11) is 0. The van der Waals surface area contributed by atoms with Gasteiger partial charge in [-0.2, -0.15) is 0 Å². The van der Waals surface area contributed by atoms with Crippen LogP contribution >= 0.6 is 0 Å². The van der Waals surface area contributed by atoms with E-state index in [4.69, 9.17) is 0 Å². The first kappa shape index (κ1) is 19.3. The molecule has 0 aliphatic heterocycles. The highest BCUT2D eigenvalue weighted by molar-refractivity contribution is 5.75. The van der Waals surface area contributed by atoms with E-state index in [1.165, 1.54) is 32.1 Å². The topological polar surface area (TPSA) is 66.4 Å². The molecule has 0 aromatic rings. The Bertz CT molecular complexity index is 629. The number of carbonyl (C=O) groups excluding carboxylic acids is 1. The van der Waals surface area contributed by atoms with Gasteiger partial charge in [-0.25, -0.2) is 0 Å². The van der Waals surface area contributed by atoms with Crippen molar-refractivity contribution >= 4 is 11.9 Å². The van der Waals surface area contributed by atoms with Crippen molar-refractivity contribution in [3.63, 3.8) is 0 Å². The number of hydrogen-bond donors (Lipinski definition) is 2. The average molecular weight is 376 g/mol. The molecule has 1 amide bonds. The smallest absolute Gasteiger partial charge is 0.309 e. The van der Waals surface area contributed by atoms with Crippen LogP contribution in [0.25, 0.3) is 0 Å². The maximum absolute atomic E-state index is 12.3. The Balaban J connectivity index is 1.73. The van der Waals surface area contributed by atoms with Crippen molar-refractivity contribution in [3.8, 4) is 0 Å². The van der Waals surface area contributed by atoms with E-state index in [0.717, 1.165) is 44.4 Å². The highest BCUT2D eigenvalue weighted by Crippen LogP contribution is 2.70. The lowest BCUT2D eigenvalue weighted by Crippen LogP contribution is -2.60. The number of fused-ring (bicyclic) bond motifs is 5. The summed E-state index contributed by atoms with van der Waals surface area (Å²) in [5.74, 6) is 1.42. The maximum Gasteiger partial charge on any atom is 0.309 e. The van der Waals surface area contributed by atoms with Crippen LogP contribution in [0.3, 0.4) is 0 Å². The number of carbonyl (C=O) groups is 2. The normalized spacial score (nSPS) is 49.3. The van der Waals surface area contributed by atoms with Crippen molar-refractivity contribution in [1.29, 1.82) is 0 Å². The van der Waals surface area contributed by atoms with E-state index in [9.17, 15) is 14.7 Å². The van der Waals surface area contributed by atoms with Crippen molar-refractivity contribution in [2.75, 3.05) is 0 Å². The molecule has 4 bridgehead atoms. The quantitative estimate of drug-likeness (QED) is 0.747. The lowest BCUT2D eigenvalue weighted by Gasteiger charge is -2.66. The number of carboxylic acids is 1. The van der Waals surface area contributed by atoms with Crippen molar-refractivity contribution in [1.82, 2.24) is 5.32 Å². The number of rotatable bonds is 3. The number of hydrogen-bond acceptors (Lipinski definition) is 2. The van der Waals surface area contributed by atoms with Crippen molar-refractivity contribution in [2.24, 2.45) is 34.0 Å². The molecule has 0 aromatic heterocycles. The zero-order chi connectivity index (χ0) is 19.4. The third-order valence-electron chi connectivity index (χ3n) is 8.86. The van der Waals surface area contributed by atoms with Gasteiger partial charge in [0.1, 0.15) is 0 Å². The van der Waals surface area contributed by atoms with E-state index in [1.54, 1.807) is 6.92 Å². The fourth-order valence-electron chi connectivity index (χ4n) is 8.67. The van der Waals surface area contributed by atoms with Crippen LogP contribution in [0.1, 0.15) is 91.4 Å². The average Bonchev–Trinajstić information content (AvgIpc) is 2.52. The number of nitrogens with one attached hydrogen (secondary N) is 1. The third kappa shape index (κ3) is 3.11. The van der Waals surface area contributed by atoms with Crippen LogP contribution in [0.2, 0.25) is 0 Å². The lowest BCUT2D eigenvalue weighted by atomic mass is 9.39. The first-order valence-electron chi connectivity index (χ1n) is 11.2. The summed E-state index contributed by atoms with van der Waals surface area (Å²) in [6.45, 7) is 6.32. The van der Waals surface area contributed by atoms with E-state index < -0.39 is 11.4 Å². The second-order valence-corrected chi connectivity index (χ2v) is 11.1. The van der Waals surface area contributed by atoms with Gasteiger partial charge in [0.25, 0.3) is 0 Å². The van der Waals surface area contributed by atoms with E-state index in [1.807, 2.05) is 0 Å². The van der Waals surface area contributed by atoms with Crippen molar-refractivity contribution in [3.05, 3.63) is 0 Å². The van der Waals surface area contributed by atoms with Gasteiger partial charge in [-0.3, -0.25) is 9.59 Å². The van der Waals surface area contributed by atoms with Crippen LogP contribution in [0.5, 0.6) is 0 Å². The molecular weight excluding hydrogens is 338 g/mol. The molecule has 0 heterocycles. The molecule has 4 nitrogen and oxygen atoms in total. The molecule has 0 radical (unpaired) electrons. The molecule has 152 valence electrons. The first-order valence-corrected chi connectivity index (χ1v) is 11.2. The van der Waals surface area contributed by atoms with Crippen LogP contribution in [0.4, 0.5) is 0 Å². The fourth-order valence-corrected chi connectivity index (χ4v) is 8.67. The molecule has 7 atom stereocenters. The van der Waals surface area contributed by atoms with Gasteiger partial charge in [0.2, 0.25) is 5.91 Å². The summed E-state index contributed by atoms with van der Waals surface area (Å²) < 4.78 is 0. The zero-order valence-corrected chi connectivity index (χ0v) is 17.4. The molecule has 4 heteroatoms. The Morgan fingerprint density at radius 1 is 0.926 bits per heavy atom. The van der Waals surface area contributed by atoms with E-state index in [2.05, 4.69) is 19.2 Å². The monoisotopic (exact) mass is 375 g/mol. The third-order valence-corrected chi connectivity index (χ3v) is 8.86. The lowest BCUT2D eigenvalue weighted by molar-refractivity contribution is -0.184. The molecule has 2 N–H and O–H groups in total. The Hall–Kier alpha value is -1.06. The SMILES string of the molecule is CC(=O)NC1CC2CC(C)CC(C34CCCC(C(=O)O)(CC(C)C3)C4)(C2)C1. The van der Waals surface area contributed by atoms with Crippen LogP contribution in [0, 0.1) is 34.0 Å². The second kappa shape index (κ2) is 6.49. The fraction of sp³-hybridized carbons (Fsp3) is 0.913. The van der Waals surface area contributed by atoms with Gasteiger partial charge in [0.15, 0.2) is 0 Å². The predicted octanol–water partition coefficient (Wildman–Crippen LogP) is 4.77. The summed E-state index contributed by atoms with van der Waals surface area (Å²) in [5, 5.41) is 13.4. The molecular formula is C23H37NO3. The minimum Gasteiger partial charge on any atom is -0.481 e. The summed E-state index contributed by atoms with van der Waals surface area (Å²) in [6, 6.07) is 0.279. The minimum absolute atomic E-state index is 0.0845. The molecule has 4 fully saturated rings. The van der Waals surface area contributed by atoms with Gasteiger partial charge in [0.05, 0.1) is 5.41 Å². The molecule has 4 rings (SSSR count). The second-order valence-electron chi connectivity index (χ2n) is 11.1. The van der Waals surface area contributed by atoms with E-state index in [0.29, 0.717) is 11.8 Å². The molecule has 27 heavy (non-hydrogen) atoms. The van der Waals surface area contributed by atoms with Crippen molar-refractivity contribution < 1.29 is 14.7 Å². The first-order chi connectivity index (χ1) is 12.7. The summed E-state index contributed by atoms with van der Waals surface area (Å²) in [5.41, 5.74) is -0.121. The van der Waals surface area contributed by atoms with Gasteiger partial charge >= 0.3 is 5.97 Å². The number of carboxylic acid groups (broad SMARTS) is 1. The van der Waals surface area contributed by atoms with Crippen LogP contribution in [-0.2, 0) is 9.59 Å². The van der Waals surface area contributed by atoms with Crippen LogP contribution in [-0.4, -0.2) is 23.0 Å². The highest BCUT2D eigenvalue weighted by atomic mass is 16.4. The summed E-state index contributed by atoms with van der Waals surface area (Å²) in [4.78, 5) is 24.1. The zero-order valence-electron chi connectivity index (χ0n) is 17.4. The van der Waals surface area contributed by atoms with Crippen molar-refractivity contribution in [2.45, 2.75) is 97.4 Å². The van der Waals surface area contributed by atoms with Gasteiger partial charge < -0.3 is 10.4 Å². The standard InChI is InChI=1S/C23H37NO3/c1-15-7-18-8-19(24-17(3)25)13-23(10-15,12-18)22-6-4-5-21(14-22,20(26)27)9-16(2)11-22/h15-16,18-19H,4-14H2,1-3H3,(H,24,25)(H,26,27). The maximum atomic E-state index is 12.3. The summed E-state index contributed by atoms with van der Waals surface area (Å²) >= 11 is 0. The molecule has 4 aliphatic carbocycles. The Morgan fingerprint density at radius 3 is 2.37 bits per heavy atom. The van der Waals surface area contributed by atoms with Crippen LogP contribution in [0.15, 0.2) is 0 Å². The Morgan fingerprint density at radius 2 is 1.67 bits per heavy atom. The predicted molar refractivity (Wildman–Crippen MR) is 105 cm³/mol. The highest BCUT2D eigenvalue weighted by Gasteiger charge is 2.63. The number of aliphatic carboxylic acids is 1. The van der Waals surface area contributed by atoms with Gasteiger partial charge in [-0.05, 0) is 92.8 Å². The largest absolute Gasteiger partial charge is 0.481 e. The van der Waals surface area contributed by atoms with E-state index >= 15 is 0 Å². The molecule has 0 spiro atoms. The molecule has 4 aliphatic rings.